The van der Waals surface area contributed by atoms with Gasteiger partial charge in [-0.25, -0.2) is 0 Å². The molecule has 1 aromatic rings. The second-order valence-corrected chi connectivity index (χ2v) is 4.59. The molecule has 5 nitrogen and oxygen atoms in total. The number of nitrogens with zero attached hydrogens (tertiary/aromatic N) is 2. The summed E-state index contributed by atoms with van der Waals surface area (Å²) in [6.45, 7) is 3.50. The highest BCUT2D eigenvalue weighted by Crippen LogP contribution is 2.19. The minimum absolute atomic E-state index is 0.688. The summed E-state index contributed by atoms with van der Waals surface area (Å²) in [5.41, 5.74) is 0.946. The molecular formula is C12H21N3O2. The number of aromatic nitrogens is 1. The lowest BCUT2D eigenvalue weighted by Crippen LogP contribution is -2.29. The van der Waals surface area contributed by atoms with E-state index < -0.39 is 0 Å². The second-order valence-electron chi connectivity index (χ2n) is 4.59. The molecule has 0 amide bonds. The molecule has 5 heteroatoms. The van der Waals surface area contributed by atoms with Gasteiger partial charge in [-0.2, -0.15) is 4.98 Å². The Bertz CT molecular complexity index is 334. The van der Waals surface area contributed by atoms with Crippen LogP contribution < -0.4 is 10.2 Å². The molecule has 2 rings (SSSR count). The summed E-state index contributed by atoms with van der Waals surface area (Å²) in [7, 11) is 3.94. The first kappa shape index (κ1) is 12.4. The fourth-order valence-electron chi connectivity index (χ4n) is 2.13. The third kappa shape index (κ3) is 3.44. The molecule has 2 heterocycles. The summed E-state index contributed by atoms with van der Waals surface area (Å²) >= 11 is 0. The largest absolute Gasteiger partial charge is 0.432 e. The van der Waals surface area contributed by atoms with Gasteiger partial charge < -0.3 is 19.4 Å². The van der Waals surface area contributed by atoms with Crippen molar-refractivity contribution in [1.29, 1.82) is 0 Å². The zero-order valence-corrected chi connectivity index (χ0v) is 10.6. The van der Waals surface area contributed by atoms with E-state index in [4.69, 9.17) is 9.15 Å². The molecule has 0 saturated carbocycles. The van der Waals surface area contributed by atoms with Crippen molar-refractivity contribution < 1.29 is 9.15 Å². The van der Waals surface area contributed by atoms with Gasteiger partial charge in [0, 0.05) is 33.4 Å². The van der Waals surface area contributed by atoms with E-state index in [9.17, 15) is 0 Å². The normalized spacial score (nSPS) is 17.3. The van der Waals surface area contributed by atoms with Crippen LogP contribution in [-0.2, 0) is 11.3 Å². The van der Waals surface area contributed by atoms with Crippen molar-refractivity contribution in [3.05, 3.63) is 12.0 Å². The van der Waals surface area contributed by atoms with E-state index in [0.717, 1.165) is 44.8 Å². The van der Waals surface area contributed by atoms with E-state index in [2.05, 4.69) is 15.2 Å². The van der Waals surface area contributed by atoms with E-state index in [-0.39, 0.29) is 0 Å². The van der Waals surface area contributed by atoms with Gasteiger partial charge in [-0.3, -0.25) is 0 Å². The van der Waals surface area contributed by atoms with Gasteiger partial charge in [0.15, 0.2) is 0 Å². The standard InChI is InChI=1S/C12H21N3O2/c1-13-7-11-9-17-12(14-11)15(2)8-10-3-5-16-6-4-10/h9-10,13H,3-8H2,1-2H3. The van der Waals surface area contributed by atoms with Crippen molar-refractivity contribution in [2.45, 2.75) is 19.4 Å². The molecule has 1 aliphatic heterocycles. The molecule has 0 aromatic carbocycles. The van der Waals surface area contributed by atoms with Crippen LogP contribution in [0, 0.1) is 5.92 Å². The zero-order chi connectivity index (χ0) is 12.1. The van der Waals surface area contributed by atoms with Crippen LogP contribution in [-0.4, -0.2) is 38.8 Å². The van der Waals surface area contributed by atoms with Crippen molar-refractivity contribution in [2.75, 3.05) is 38.8 Å². The monoisotopic (exact) mass is 239 g/mol. The predicted octanol–water partition coefficient (Wildman–Crippen LogP) is 1.26. The molecule has 1 fully saturated rings. The SMILES string of the molecule is CNCc1coc(N(C)CC2CCOCC2)n1. The third-order valence-corrected chi connectivity index (χ3v) is 3.10. The van der Waals surface area contributed by atoms with Gasteiger partial charge in [-0.1, -0.05) is 0 Å². The molecule has 0 radical (unpaired) electrons. The Hall–Kier alpha value is -1.07. The van der Waals surface area contributed by atoms with Crippen LogP contribution in [0.15, 0.2) is 10.7 Å². The molecule has 0 spiro atoms. The van der Waals surface area contributed by atoms with Crippen molar-refractivity contribution >= 4 is 6.01 Å². The molecule has 1 aliphatic rings. The summed E-state index contributed by atoms with van der Waals surface area (Å²) in [5.74, 6) is 0.688. The van der Waals surface area contributed by atoms with Gasteiger partial charge in [0.1, 0.15) is 6.26 Å². The minimum Gasteiger partial charge on any atom is -0.432 e. The number of hydrogen-bond acceptors (Lipinski definition) is 5. The van der Waals surface area contributed by atoms with Gasteiger partial charge in [-0.05, 0) is 25.8 Å². The summed E-state index contributed by atoms with van der Waals surface area (Å²) in [6, 6.07) is 0.710. The quantitative estimate of drug-likeness (QED) is 0.838. The maximum Gasteiger partial charge on any atom is 0.297 e. The van der Waals surface area contributed by atoms with Crippen LogP contribution in [0.25, 0.3) is 0 Å². The van der Waals surface area contributed by atoms with Gasteiger partial charge in [-0.15, -0.1) is 0 Å². The van der Waals surface area contributed by atoms with Gasteiger partial charge in [0.2, 0.25) is 0 Å². The molecule has 0 aliphatic carbocycles. The lowest BCUT2D eigenvalue weighted by molar-refractivity contribution is 0.0682. The number of anilines is 1. The summed E-state index contributed by atoms with van der Waals surface area (Å²) < 4.78 is 10.8. The average Bonchev–Trinajstić information content (AvgIpc) is 2.79. The second kappa shape index (κ2) is 6.02. The third-order valence-electron chi connectivity index (χ3n) is 3.10. The summed E-state index contributed by atoms with van der Waals surface area (Å²) in [4.78, 5) is 6.52. The van der Waals surface area contributed by atoms with Crippen LogP contribution in [0.2, 0.25) is 0 Å². The highest BCUT2D eigenvalue weighted by Gasteiger charge is 2.18. The zero-order valence-electron chi connectivity index (χ0n) is 10.6. The molecular weight excluding hydrogens is 218 g/mol. The Labute approximate surface area is 102 Å². The Morgan fingerprint density at radius 2 is 2.24 bits per heavy atom. The number of ether oxygens (including phenoxy) is 1. The number of rotatable bonds is 5. The lowest BCUT2D eigenvalue weighted by atomic mass is 10.0. The van der Waals surface area contributed by atoms with Crippen LogP contribution in [0.4, 0.5) is 6.01 Å². The fraction of sp³-hybridized carbons (Fsp3) is 0.750. The van der Waals surface area contributed by atoms with E-state index in [0.29, 0.717) is 11.9 Å². The molecule has 0 bridgehead atoms. The fourth-order valence-corrected chi connectivity index (χ4v) is 2.13. The predicted molar refractivity (Wildman–Crippen MR) is 66.1 cm³/mol. The first-order valence-corrected chi connectivity index (χ1v) is 6.17. The Morgan fingerprint density at radius 3 is 2.94 bits per heavy atom. The minimum atomic E-state index is 0.688. The molecule has 96 valence electrons. The first-order valence-electron chi connectivity index (χ1n) is 6.17. The molecule has 17 heavy (non-hydrogen) atoms. The van der Waals surface area contributed by atoms with Crippen molar-refractivity contribution in [3.8, 4) is 0 Å². The summed E-state index contributed by atoms with van der Waals surface area (Å²) in [5, 5.41) is 3.06. The van der Waals surface area contributed by atoms with Gasteiger partial charge in [0.25, 0.3) is 6.01 Å². The first-order chi connectivity index (χ1) is 8.29. The molecule has 1 aromatic heterocycles. The maximum absolute atomic E-state index is 5.46. The van der Waals surface area contributed by atoms with Crippen molar-refractivity contribution in [2.24, 2.45) is 5.92 Å². The van der Waals surface area contributed by atoms with Crippen LogP contribution in [0.3, 0.4) is 0 Å². The van der Waals surface area contributed by atoms with Gasteiger partial charge >= 0.3 is 0 Å². The van der Waals surface area contributed by atoms with Crippen molar-refractivity contribution in [1.82, 2.24) is 10.3 Å². The summed E-state index contributed by atoms with van der Waals surface area (Å²) in [6.07, 6.45) is 3.98. The molecule has 0 atom stereocenters. The number of nitrogens with one attached hydrogen (secondary N) is 1. The number of hydrogen-bond donors (Lipinski definition) is 1. The van der Waals surface area contributed by atoms with Gasteiger partial charge in [0.05, 0.1) is 5.69 Å². The van der Waals surface area contributed by atoms with E-state index >= 15 is 0 Å². The number of oxazole rings is 1. The van der Waals surface area contributed by atoms with E-state index in [1.807, 2.05) is 14.1 Å². The molecule has 1 N–H and O–H groups in total. The highest BCUT2D eigenvalue weighted by atomic mass is 16.5. The Kier molecular flexibility index (Phi) is 4.39. The average molecular weight is 239 g/mol. The Balaban J connectivity index is 1.86. The maximum atomic E-state index is 5.46. The molecule has 0 unspecified atom stereocenters. The van der Waals surface area contributed by atoms with Crippen LogP contribution >= 0.6 is 0 Å². The Morgan fingerprint density at radius 1 is 1.47 bits per heavy atom. The van der Waals surface area contributed by atoms with Crippen LogP contribution in [0.1, 0.15) is 18.5 Å². The molecule has 1 saturated heterocycles. The smallest absolute Gasteiger partial charge is 0.297 e. The topological polar surface area (TPSA) is 50.5 Å². The lowest BCUT2D eigenvalue weighted by Gasteiger charge is -2.26. The van der Waals surface area contributed by atoms with Crippen LogP contribution in [0.5, 0.6) is 0 Å². The van der Waals surface area contributed by atoms with E-state index in [1.54, 1.807) is 6.26 Å². The van der Waals surface area contributed by atoms with Crippen molar-refractivity contribution in [3.63, 3.8) is 0 Å². The van der Waals surface area contributed by atoms with E-state index in [1.165, 1.54) is 0 Å². The highest BCUT2D eigenvalue weighted by molar-refractivity contribution is 5.25.